The first-order chi connectivity index (χ1) is 10.9. The fourth-order valence-electron chi connectivity index (χ4n) is 2.35. The minimum Gasteiger partial charge on any atom is -0.507 e. The van der Waals surface area contributed by atoms with Crippen LogP contribution in [-0.4, -0.2) is 41.1 Å². The number of amides is 1. The largest absolute Gasteiger partial charge is 0.507 e. The van der Waals surface area contributed by atoms with Gasteiger partial charge in [0.2, 0.25) is 0 Å². The van der Waals surface area contributed by atoms with Gasteiger partial charge in [0, 0.05) is 31.4 Å². The maximum absolute atomic E-state index is 12.6. The number of carbonyl (C=O) groups is 1. The van der Waals surface area contributed by atoms with Crippen LogP contribution in [0.1, 0.15) is 28.5 Å². The molecule has 0 aliphatic heterocycles. The fourth-order valence-corrected chi connectivity index (χ4v) is 2.35. The minimum atomic E-state index is -0.249. The number of methoxy groups -OCH3 is 1. The standard InChI is InChI=1S/C18H22N2O3/c1-12-7-8-19-14(9-12)10-13(2)20(3)18(22)16-11-15(23-4)5-6-17(16)21/h5-9,11,13,21H,10H2,1-4H3/t13-/m1/s1. The number of nitrogens with zero attached hydrogens (tertiary/aromatic N) is 2. The number of phenols is 1. The Hall–Kier alpha value is -2.56. The first-order valence-electron chi connectivity index (χ1n) is 7.48. The van der Waals surface area contributed by atoms with E-state index < -0.39 is 0 Å². The molecule has 1 amide bonds. The number of phenolic OH excluding ortho intramolecular Hbond substituents is 1. The van der Waals surface area contributed by atoms with Crippen molar-refractivity contribution >= 4 is 5.91 Å². The number of aromatic hydroxyl groups is 1. The van der Waals surface area contributed by atoms with Crippen molar-refractivity contribution in [3.05, 3.63) is 53.3 Å². The molecule has 0 radical (unpaired) electrons. The van der Waals surface area contributed by atoms with E-state index in [1.807, 2.05) is 26.0 Å². The van der Waals surface area contributed by atoms with Gasteiger partial charge >= 0.3 is 0 Å². The summed E-state index contributed by atoms with van der Waals surface area (Å²) in [6.45, 7) is 3.97. The molecule has 2 aromatic rings. The summed E-state index contributed by atoms with van der Waals surface area (Å²) in [4.78, 5) is 18.6. The van der Waals surface area contributed by atoms with Gasteiger partial charge < -0.3 is 14.7 Å². The number of benzene rings is 1. The van der Waals surface area contributed by atoms with E-state index in [2.05, 4.69) is 4.98 Å². The van der Waals surface area contributed by atoms with Crippen LogP contribution in [0.25, 0.3) is 0 Å². The number of pyridine rings is 1. The van der Waals surface area contributed by atoms with Crippen molar-refractivity contribution in [2.45, 2.75) is 26.3 Å². The van der Waals surface area contributed by atoms with E-state index in [0.717, 1.165) is 11.3 Å². The molecule has 1 N–H and O–H groups in total. The molecule has 122 valence electrons. The molecule has 5 nitrogen and oxygen atoms in total. The highest BCUT2D eigenvalue weighted by Crippen LogP contribution is 2.24. The van der Waals surface area contributed by atoms with Crippen LogP contribution in [0.4, 0.5) is 0 Å². The first kappa shape index (κ1) is 16.8. The molecule has 5 heteroatoms. The molecule has 0 fully saturated rings. The van der Waals surface area contributed by atoms with Gasteiger partial charge in [-0.05, 0) is 49.7 Å². The van der Waals surface area contributed by atoms with Gasteiger partial charge in [0.25, 0.3) is 5.91 Å². The second-order valence-electron chi connectivity index (χ2n) is 5.68. The summed E-state index contributed by atoms with van der Waals surface area (Å²) >= 11 is 0. The van der Waals surface area contributed by atoms with Gasteiger partial charge in [-0.2, -0.15) is 0 Å². The van der Waals surface area contributed by atoms with Crippen LogP contribution in [0.5, 0.6) is 11.5 Å². The van der Waals surface area contributed by atoms with E-state index >= 15 is 0 Å². The zero-order valence-corrected chi connectivity index (χ0v) is 13.9. The second kappa shape index (κ2) is 7.13. The second-order valence-corrected chi connectivity index (χ2v) is 5.68. The van der Waals surface area contributed by atoms with Gasteiger partial charge in [0.05, 0.1) is 12.7 Å². The van der Waals surface area contributed by atoms with Crippen LogP contribution in [-0.2, 0) is 6.42 Å². The molecular formula is C18H22N2O3. The van der Waals surface area contributed by atoms with Crippen molar-refractivity contribution in [1.29, 1.82) is 0 Å². The highest BCUT2D eigenvalue weighted by molar-refractivity contribution is 5.97. The summed E-state index contributed by atoms with van der Waals surface area (Å²) in [6, 6.07) is 8.53. The molecule has 0 unspecified atom stereocenters. The predicted molar refractivity (Wildman–Crippen MR) is 88.9 cm³/mol. The van der Waals surface area contributed by atoms with Crippen molar-refractivity contribution in [2.75, 3.05) is 14.2 Å². The Morgan fingerprint density at radius 3 is 2.74 bits per heavy atom. The van der Waals surface area contributed by atoms with E-state index in [9.17, 15) is 9.90 Å². The molecule has 1 heterocycles. The average molecular weight is 314 g/mol. The maximum atomic E-state index is 12.6. The number of aryl methyl sites for hydroxylation is 1. The van der Waals surface area contributed by atoms with Crippen molar-refractivity contribution in [3.63, 3.8) is 0 Å². The number of carbonyl (C=O) groups excluding carboxylic acids is 1. The van der Waals surface area contributed by atoms with E-state index in [1.165, 1.54) is 13.2 Å². The summed E-state index contributed by atoms with van der Waals surface area (Å²) in [6.07, 6.45) is 2.42. The normalized spacial score (nSPS) is 11.8. The van der Waals surface area contributed by atoms with Crippen molar-refractivity contribution in [2.24, 2.45) is 0 Å². The van der Waals surface area contributed by atoms with Crippen molar-refractivity contribution in [1.82, 2.24) is 9.88 Å². The predicted octanol–water partition coefficient (Wildman–Crippen LogP) is 2.81. The summed E-state index contributed by atoms with van der Waals surface area (Å²) < 4.78 is 5.12. The molecule has 1 aromatic carbocycles. The van der Waals surface area contributed by atoms with E-state index in [-0.39, 0.29) is 23.3 Å². The van der Waals surface area contributed by atoms with Gasteiger partial charge in [0.1, 0.15) is 11.5 Å². The highest BCUT2D eigenvalue weighted by Gasteiger charge is 2.21. The van der Waals surface area contributed by atoms with Crippen LogP contribution < -0.4 is 4.74 Å². The smallest absolute Gasteiger partial charge is 0.257 e. The molecule has 0 saturated carbocycles. The Labute approximate surface area is 136 Å². The lowest BCUT2D eigenvalue weighted by Crippen LogP contribution is -2.36. The third kappa shape index (κ3) is 4.00. The summed E-state index contributed by atoms with van der Waals surface area (Å²) in [5.41, 5.74) is 2.31. The van der Waals surface area contributed by atoms with E-state index in [1.54, 1.807) is 30.3 Å². The van der Waals surface area contributed by atoms with Gasteiger partial charge in [0.15, 0.2) is 0 Å². The lowest BCUT2D eigenvalue weighted by molar-refractivity contribution is 0.0739. The van der Waals surface area contributed by atoms with Crippen molar-refractivity contribution in [3.8, 4) is 11.5 Å². The molecule has 1 atom stereocenters. The average Bonchev–Trinajstić information content (AvgIpc) is 2.54. The third-order valence-electron chi connectivity index (χ3n) is 3.89. The Balaban J connectivity index is 2.15. The number of ether oxygens (including phenoxy) is 1. The van der Waals surface area contributed by atoms with Crippen LogP contribution in [0.3, 0.4) is 0 Å². The van der Waals surface area contributed by atoms with Crippen molar-refractivity contribution < 1.29 is 14.6 Å². The molecule has 0 saturated heterocycles. The monoisotopic (exact) mass is 314 g/mol. The molecule has 1 aromatic heterocycles. The zero-order valence-electron chi connectivity index (χ0n) is 13.9. The number of likely N-dealkylation sites (N-methyl/N-ethyl adjacent to an activating group) is 1. The Morgan fingerprint density at radius 2 is 2.09 bits per heavy atom. The summed E-state index contributed by atoms with van der Waals surface area (Å²) in [5.74, 6) is 0.234. The topological polar surface area (TPSA) is 62.7 Å². The highest BCUT2D eigenvalue weighted by atomic mass is 16.5. The Bertz CT molecular complexity index is 700. The summed E-state index contributed by atoms with van der Waals surface area (Å²) in [5, 5.41) is 9.94. The lowest BCUT2D eigenvalue weighted by Gasteiger charge is -2.25. The molecule has 0 aliphatic carbocycles. The Kier molecular flexibility index (Phi) is 5.21. The van der Waals surface area contributed by atoms with Gasteiger partial charge in [-0.3, -0.25) is 9.78 Å². The zero-order chi connectivity index (χ0) is 17.0. The molecule has 23 heavy (non-hydrogen) atoms. The summed E-state index contributed by atoms with van der Waals surface area (Å²) in [7, 11) is 3.25. The minimum absolute atomic E-state index is 0.0523. The van der Waals surface area contributed by atoms with E-state index in [0.29, 0.717) is 12.2 Å². The number of hydrogen-bond donors (Lipinski definition) is 1. The molecule has 0 aliphatic rings. The molecule has 0 bridgehead atoms. The van der Waals surface area contributed by atoms with Crippen LogP contribution in [0, 0.1) is 6.92 Å². The van der Waals surface area contributed by atoms with Crippen LogP contribution in [0.15, 0.2) is 36.5 Å². The van der Waals surface area contributed by atoms with Gasteiger partial charge in [-0.15, -0.1) is 0 Å². The lowest BCUT2D eigenvalue weighted by atomic mass is 10.1. The fraction of sp³-hybridized carbons (Fsp3) is 0.333. The molecular weight excluding hydrogens is 292 g/mol. The Morgan fingerprint density at radius 1 is 1.35 bits per heavy atom. The number of rotatable bonds is 5. The van der Waals surface area contributed by atoms with E-state index in [4.69, 9.17) is 4.74 Å². The quantitative estimate of drug-likeness (QED) is 0.922. The van der Waals surface area contributed by atoms with Gasteiger partial charge in [-0.25, -0.2) is 0 Å². The number of hydrogen-bond acceptors (Lipinski definition) is 4. The molecule has 2 rings (SSSR count). The van der Waals surface area contributed by atoms with Crippen LogP contribution in [0.2, 0.25) is 0 Å². The number of aromatic nitrogens is 1. The molecule has 0 spiro atoms. The van der Waals surface area contributed by atoms with Gasteiger partial charge in [-0.1, -0.05) is 0 Å². The maximum Gasteiger partial charge on any atom is 0.257 e. The SMILES string of the molecule is COc1ccc(O)c(C(=O)N(C)[C@H](C)Cc2cc(C)ccn2)c1. The third-order valence-corrected chi connectivity index (χ3v) is 3.89. The first-order valence-corrected chi connectivity index (χ1v) is 7.48. The van der Waals surface area contributed by atoms with Crippen LogP contribution >= 0.6 is 0 Å².